The number of ether oxygens (including phenoxy) is 1. The molecule has 0 saturated heterocycles. The summed E-state index contributed by atoms with van der Waals surface area (Å²) in [6.45, 7) is 7.95. The molecule has 0 heterocycles. The lowest BCUT2D eigenvalue weighted by Crippen LogP contribution is -2.47. The van der Waals surface area contributed by atoms with Crippen LogP contribution < -0.4 is 5.32 Å². The van der Waals surface area contributed by atoms with Gasteiger partial charge in [0.2, 0.25) is 0 Å². The molecule has 3 heteroatoms. The van der Waals surface area contributed by atoms with Crippen LogP contribution in [0.1, 0.15) is 46.5 Å². The fourth-order valence-electron chi connectivity index (χ4n) is 2.98. The van der Waals surface area contributed by atoms with E-state index < -0.39 is 0 Å². The van der Waals surface area contributed by atoms with Gasteiger partial charge in [0.05, 0.1) is 6.61 Å². The van der Waals surface area contributed by atoms with E-state index in [0.717, 1.165) is 6.42 Å². The van der Waals surface area contributed by atoms with E-state index >= 15 is 0 Å². The van der Waals surface area contributed by atoms with E-state index in [1.165, 1.54) is 19.3 Å². The fourth-order valence-corrected chi connectivity index (χ4v) is 2.98. The van der Waals surface area contributed by atoms with Crippen LogP contribution in [-0.4, -0.2) is 37.5 Å². The molecule has 3 atom stereocenters. The molecule has 0 aliphatic heterocycles. The Bertz CT molecular complexity index is 218. The van der Waals surface area contributed by atoms with Gasteiger partial charge in [0.15, 0.2) is 0 Å². The Balaban J connectivity index is 2.40. The van der Waals surface area contributed by atoms with Crippen molar-refractivity contribution in [1.29, 1.82) is 0 Å². The average Bonchev–Trinajstić information content (AvgIpc) is 2.26. The molecule has 1 aliphatic carbocycles. The first kappa shape index (κ1) is 14.9. The summed E-state index contributed by atoms with van der Waals surface area (Å²) >= 11 is 0. The third kappa shape index (κ3) is 4.94. The van der Waals surface area contributed by atoms with E-state index in [1.54, 1.807) is 7.11 Å². The molecule has 3 unspecified atom stereocenters. The second-order valence-corrected chi connectivity index (χ2v) is 6.32. The first-order chi connectivity index (χ1) is 7.98. The largest absolute Gasteiger partial charge is 0.395 e. The van der Waals surface area contributed by atoms with Crippen molar-refractivity contribution in [1.82, 2.24) is 5.32 Å². The number of nitrogens with one attached hydrogen (secondary N) is 1. The van der Waals surface area contributed by atoms with E-state index in [0.29, 0.717) is 24.0 Å². The van der Waals surface area contributed by atoms with Crippen LogP contribution in [0, 0.1) is 11.3 Å². The third-order valence-corrected chi connectivity index (χ3v) is 4.03. The normalized spacial score (nSPS) is 30.2. The van der Waals surface area contributed by atoms with Gasteiger partial charge in [-0.05, 0) is 37.0 Å². The lowest BCUT2D eigenvalue weighted by Gasteiger charge is -2.41. The zero-order chi connectivity index (χ0) is 12.9. The molecular weight excluding hydrogens is 214 g/mol. The highest BCUT2D eigenvalue weighted by atomic mass is 16.5. The summed E-state index contributed by atoms with van der Waals surface area (Å²) in [6, 6.07) is 0.737. The monoisotopic (exact) mass is 243 g/mol. The Kier molecular flexibility index (Phi) is 5.90. The summed E-state index contributed by atoms with van der Waals surface area (Å²) in [6.07, 6.45) is 4.65. The van der Waals surface area contributed by atoms with E-state index in [1.807, 2.05) is 0 Å². The Morgan fingerprint density at radius 1 is 1.47 bits per heavy atom. The van der Waals surface area contributed by atoms with E-state index in [4.69, 9.17) is 4.74 Å². The number of hydrogen-bond donors (Lipinski definition) is 2. The van der Waals surface area contributed by atoms with Crippen molar-refractivity contribution in [3.63, 3.8) is 0 Å². The van der Waals surface area contributed by atoms with Gasteiger partial charge >= 0.3 is 0 Å². The topological polar surface area (TPSA) is 41.5 Å². The molecule has 3 nitrogen and oxygen atoms in total. The van der Waals surface area contributed by atoms with Crippen molar-refractivity contribution < 1.29 is 9.84 Å². The lowest BCUT2D eigenvalue weighted by atomic mass is 9.70. The average molecular weight is 243 g/mol. The summed E-state index contributed by atoms with van der Waals surface area (Å²) < 4.78 is 5.07. The van der Waals surface area contributed by atoms with Crippen molar-refractivity contribution >= 4 is 0 Å². The molecule has 0 radical (unpaired) electrons. The molecule has 1 saturated carbocycles. The predicted molar refractivity (Wildman–Crippen MR) is 71.1 cm³/mol. The molecular formula is C14H29NO2. The first-order valence-electron chi connectivity index (χ1n) is 6.84. The molecule has 1 rings (SSSR count). The summed E-state index contributed by atoms with van der Waals surface area (Å²) in [7, 11) is 1.71. The fraction of sp³-hybridized carbons (Fsp3) is 1.00. The summed E-state index contributed by atoms with van der Waals surface area (Å²) in [5.41, 5.74) is 0.485. The third-order valence-electron chi connectivity index (χ3n) is 4.03. The minimum atomic E-state index is 0.184. The van der Waals surface area contributed by atoms with Gasteiger partial charge in [0.1, 0.15) is 0 Å². The molecule has 1 aliphatic rings. The van der Waals surface area contributed by atoms with Gasteiger partial charge in [0.25, 0.3) is 0 Å². The molecule has 17 heavy (non-hydrogen) atoms. The zero-order valence-electron chi connectivity index (χ0n) is 11.8. The number of rotatable bonds is 6. The van der Waals surface area contributed by atoms with Crippen LogP contribution in [0.5, 0.6) is 0 Å². The first-order valence-corrected chi connectivity index (χ1v) is 6.84. The Morgan fingerprint density at radius 3 is 2.71 bits per heavy atom. The summed E-state index contributed by atoms with van der Waals surface area (Å²) in [5, 5.41) is 13.0. The molecule has 2 N–H and O–H groups in total. The highest BCUT2D eigenvalue weighted by Crippen LogP contribution is 2.38. The van der Waals surface area contributed by atoms with Crippen LogP contribution in [0.2, 0.25) is 0 Å². The number of aliphatic hydroxyl groups excluding tert-OH is 1. The maximum Gasteiger partial charge on any atom is 0.0585 e. The second-order valence-electron chi connectivity index (χ2n) is 6.32. The SMILES string of the molecule is COCCC(CO)NC1CCC(C)(C)CC1C. The van der Waals surface area contributed by atoms with E-state index in [9.17, 15) is 5.11 Å². The van der Waals surface area contributed by atoms with Gasteiger partial charge in [-0.1, -0.05) is 20.8 Å². The van der Waals surface area contributed by atoms with Crippen LogP contribution in [0.15, 0.2) is 0 Å². The van der Waals surface area contributed by atoms with Crippen molar-refractivity contribution in [2.45, 2.75) is 58.5 Å². The maximum atomic E-state index is 9.35. The number of hydrogen-bond acceptors (Lipinski definition) is 3. The van der Waals surface area contributed by atoms with E-state index in [2.05, 4.69) is 26.1 Å². The van der Waals surface area contributed by atoms with Crippen LogP contribution in [-0.2, 0) is 4.74 Å². The van der Waals surface area contributed by atoms with Crippen LogP contribution in [0.3, 0.4) is 0 Å². The zero-order valence-corrected chi connectivity index (χ0v) is 11.8. The van der Waals surface area contributed by atoms with E-state index in [-0.39, 0.29) is 12.6 Å². The lowest BCUT2D eigenvalue weighted by molar-refractivity contribution is 0.113. The number of methoxy groups -OCH3 is 1. The predicted octanol–water partition coefficient (Wildman–Crippen LogP) is 2.19. The number of aliphatic hydroxyl groups is 1. The van der Waals surface area contributed by atoms with Crippen molar-refractivity contribution in [3.05, 3.63) is 0 Å². The van der Waals surface area contributed by atoms with Gasteiger partial charge in [-0.3, -0.25) is 0 Å². The highest BCUT2D eigenvalue weighted by molar-refractivity contribution is 4.88. The standard InChI is InChI=1S/C14H29NO2/c1-11-9-14(2,3)7-5-13(11)15-12(10-16)6-8-17-4/h11-13,15-16H,5-10H2,1-4H3. The van der Waals surface area contributed by atoms with Gasteiger partial charge in [-0.15, -0.1) is 0 Å². The Morgan fingerprint density at radius 2 is 2.18 bits per heavy atom. The molecule has 0 bridgehead atoms. The van der Waals surface area contributed by atoms with Crippen LogP contribution in [0.25, 0.3) is 0 Å². The molecule has 0 amide bonds. The van der Waals surface area contributed by atoms with Crippen molar-refractivity contribution in [2.75, 3.05) is 20.3 Å². The molecule has 102 valence electrons. The van der Waals surface area contributed by atoms with Gasteiger partial charge in [-0.2, -0.15) is 0 Å². The molecule has 0 spiro atoms. The van der Waals surface area contributed by atoms with Crippen LogP contribution >= 0.6 is 0 Å². The van der Waals surface area contributed by atoms with Gasteiger partial charge in [-0.25, -0.2) is 0 Å². The Labute approximate surface area is 106 Å². The molecule has 0 aromatic carbocycles. The van der Waals surface area contributed by atoms with Gasteiger partial charge in [0, 0.05) is 25.8 Å². The molecule has 0 aromatic rings. The second kappa shape index (κ2) is 6.72. The van der Waals surface area contributed by atoms with Crippen LogP contribution in [0.4, 0.5) is 0 Å². The Hall–Kier alpha value is -0.120. The minimum absolute atomic E-state index is 0.184. The summed E-state index contributed by atoms with van der Waals surface area (Å²) in [5.74, 6) is 0.690. The minimum Gasteiger partial charge on any atom is -0.395 e. The molecule has 1 fully saturated rings. The van der Waals surface area contributed by atoms with Crippen molar-refractivity contribution in [2.24, 2.45) is 11.3 Å². The van der Waals surface area contributed by atoms with Gasteiger partial charge < -0.3 is 15.2 Å². The highest BCUT2D eigenvalue weighted by Gasteiger charge is 2.32. The quantitative estimate of drug-likeness (QED) is 0.751. The smallest absolute Gasteiger partial charge is 0.0585 e. The van der Waals surface area contributed by atoms with Crippen molar-refractivity contribution in [3.8, 4) is 0 Å². The summed E-state index contributed by atoms with van der Waals surface area (Å²) in [4.78, 5) is 0. The maximum absolute atomic E-state index is 9.35. The molecule has 0 aromatic heterocycles.